The van der Waals surface area contributed by atoms with Gasteiger partial charge in [-0.2, -0.15) is 0 Å². The average Bonchev–Trinajstić information content (AvgIpc) is 3.36. The molecule has 1 aromatic carbocycles. The SMILES string of the molecule is Cn1c(=O)c2ccccc2n2c(SCCC(=O)NC(=O)NC3CCCC3)nnc12. The van der Waals surface area contributed by atoms with Crippen molar-refractivity contribution in [1.82, 2.24) is 29.8 Å². The number of hydrogen-bond donors (Lipinski definition) is 2. The van der Waals surface area contributed by atoms with Crippen LogP contribution in [0.4, 0.5) is 4.79 Å². The second-order valence-electron chi connectivity index (χ2n) is 7.10. The molecule has 29 heavy (non-hydrogen) atoms. The van der Waals surface area contributed by atoms with Gasteiger partial charge in [-0.3, -0.25) is 23.9 Å². The predicted molar refractivity (Wildman–Crippen MR) is 110 cm³/mol. The number of aromatic nitrogens is 4. The minimum absolute atomic E-state index is 0.135. The highest BCUT2D eigenvalue weighted by Gasteiger charge is 2.19. The van der Waals surface area contributed by atoms with E-state index < -0.39 is 6.03 Å². The maximum atomic E-state index is 12.5. The number of nitrogens with zero attached hydrogens (tertiary/aromatic N) is 4. The molecule has 1 aliphatic rings. The van der Waals surface area contributed by atoms with Crippen LogP contribution >= 0.6 is 11.8 Å². The highest BCUT2D eigenvalue weighted by molar-refractivity contribution is 7.99. The molecule has 0 aliphatic heterocycles. The largest absolute Gasteiger partial charge is 0.335 e. The first-order chi connectivity index (χ1) is 14.0. The van der Waals surface area contributed by atoms with Crippen molar-refractivity contribution in [1.29, 1.82) is 0 Å². The smallest absolute Gasteiger partial charge is 0.321 e. The van der Waals surface area contributed by atoms with Gasteiger partial charge >= 0.3 is 6.03 Å². The molecule has 0 spiro atoms. The Kier molecular flexibility index (Phi) is 5.52. The van der Waals surface area contributed by atoms with E-state index in [1.807, 2.05) is 22.6 Å². The van der Waals surface area contributed by atoms with Crippen molar-refractivity contribution in [3.63, 3.8) is 0 Å². The monoisotopic (exact) mass is 414 g/mol. The van der Waals surface area contributed by atoms with E-state index in [4.69, 9.17) is 0 Å². The van der Waals surface area contributed by atoms with Crippen LogP contribution in [0.25, 0.3) is 16.7 Å². The fraction of sp³-hybridized carbons (Fsp3) is 0.421. The summed E-state index contributed by atoms with van der Waals surface area (Å²) >= 11 is 1.36. The maximum Gasteiger partial charge on any atom is 0.321 e. The lowest BCUT2D eigenvalue weighted by molar-refractivity contribution is -0.119. The lowest BCUT2D eigenvalue weighted by Crippen LogP contribution is -2.43. The topological polar surface area (TPSA) is 110 Å². The number of para-hydroxylation sites is 1. The minimum atomic E-state index is -0.430. The Morgan fingerprint density at radius 1 is 1.21 bits per heavy atom. The minimum Gasteiger partial charge on any atom is -0.335 e. The van der Waals surface area contributed by atoms with Crippen LogP contribution < -0.4 is 16.2 Å². The molecule has 0 unspecified atom stereocenters. The molecule has 2 aromatic heterocycles. The summed E-state index contributed by atoms with van der Waals surface area (Å²) in [5.41, 5.74) is 0.586. The van der Waals surface area contributed by atoms with Crippen LogP contribution in [0.15, 0.2) is 34.2 Å². The van der Waals surface area contributed by atoms with Crippen LogP contribution in [0.3, 0.4) is 0 Å². The van der Waals surface area contributed by atoms with Crippen LogP contribution in [-0.2, 0) is 11.8 Å². The zero-order chi connectivity index (χ0) is 20.4. The molecule has 0 bridgehead atoms. The molecule has 2 heterocycles. The second kappa shape index (κ2) is 8.24. The van der Waals surface area contributed by atoms with Gasteiger partial charge < -0.3 is 5.32 Å². The number of carbonyl (C=O) groups excluding carboxylic acids is 2. The molecule has 10 heteroatoms. The van der Waals surface area contributed by atoms with Gasteiger partial charge in [-0.05, 0) is 25.0 Å². The van der Waals surface area contributed by atoms with Gasteiger partial charge in [-0.25, -0.2) is 4.79 Å². The molecular weight excluding hydrogens is 392 g/mol. The molecule has 9 nitrogen and oxygen atoms in total. The van der Waals surface area contributed by atoms with Crippen molar-refractivity contribution in [3.05, 3.63) is 34.6 Å². The van der Waals surface area contributed by atoms with E-state index in [-0.39, 0.29) is 23.9 Å². The first kappa shape index (κ1) is 19.4. The first-order valence-electron chi connectivity index (χ1n) is 9.60. The predicted octanol–water partition coefficient (Wildman–Crippen LogP) is 1.83. The number of fused-ring (bicyclic) bond motifs is 3. The summed E-state index contributed by atoms with van der Waals surface area (Å²) in [6.45, 7) is 0. The van der Waals surface area contributed by atoms with E-state index in [0.717, 1.165) is 31.2 Å². The summed E-state index contributed by atoms with van der Waals surface area (Å²) in [6.07, 6.45) is 4.33. The normalized spacial score (nSPS) is 14.5. The third-order valence-electron chi connectivity index (χ3n) is 5.10. The van der Waals surface area contributed by atoms with Crippen LogP contribution in [0.1, 0.15) is 32.1 Å². The van der Waals surface area contributed by atoms with Gasteiger partial charge in [0.2, 0.25) is 11.7 Å². The van der Waals surface area contributed by atoms with Gasteiger partial charge in [0.1, 0.15) is 0 Å². The molecule has 152 valence electrons. The molecule has 1 fully saturated rings. The molecule has 0 radical (unpaired) electrons. The maximum absolute atomic E-state index is 12.5. The molecule has 0 saturated heterocycles. The number of benzene rings is 1. The average molecular weight is 414 g/mol. The lowest BCUT2D eigenvalue weighted by Gasteiger charge is -2.12. The van der Waals surface area contributed by atoms with Gasteiger partial charge in [0.25, 0.3) is 5.56 Å². The summed E-state index contributed by atoms with van der Waals surface area (Å²) in [5.74, 6) is 0.538. The Hall–Kier alpha value is -2.88. The molecule has 1 saturated carbocycles. The highest BCUT2D eigenvalue weighted by Crippen LogP contribution is 2.21. The number of carbonyl (C=O) groups is 2. The number of amides is 3. The Bertz CT molecular complexity index is 1130. The number of aryl methyl sites for hydroxylation is 1. The number of rotatable bonds is 5. The fourth-order valence-corrected chi connectivity index (χ4v) is 4.50. The van der Waals surface area contributed by atoms with Crippen molar-refractivity contribution in [2.45, 2.75) is 43.3 Å². The second-order valence-corrected chi connectivity index (χ2v) is 8.16. The van der Waals surface area contributed by atoms with Crippen LogP contribution in [0.2, 0.25) is 0 Å². The molecule has 0 atom stereocenters. The zero-order valence-electron chi connectivity index (χ0n) is 16.1. The van der Waals surface area contributed by atoms with E-state index in [9.17, 15) is 14.4 Å². The van der Waals surface area contributed by atoms with E-state index in [1.165, 1.54) is 16.3 Å². The van der Waals surface area contributed by atoms with E-state index in [0.29, 0.717) is 22.1 Å². The van der Waals surface area contributed by atoms with Gasteiger partial charge in [0.15, 0.2) is 5.16 Å². The highest BCUT2D eigenvalue weighted by atomic mass is 32.2. The Balaban J connectivity index is 1.42. The third kappa shape index (κ3) is 3.98. The molecule has 3 aromatic rings. The van der Waals surface area contributed by atoms with E-state index in [1.54, 1.807) is 13.1 Å². The molecular formula is C19H22N6O3S. The van der Waals surface area contributed by atoms with Crippen molar-refractivity contribution in [2.24, 2.45) is 7.05 Å². The Labute approximate surface area is 170 Å². The number of hydrogen-bond acceptors (Lipinski definition) is 6. The molecule has 3 amide bonds. The van der Waals surface area contributed by atoms with Crippen molar-refractivity contribution >= 4 is 40.4 Å². The van der Waals surface area contributed by atoms with Gasteiger partial charge in [-0.15, -0.1) is 10.2 Å². The Morgan fingerprint density at radius 3 is 2.76 bits per heavy atom. The number of imide groups is 1. The van der Waals surface area contributed by atoms with Crippen molar-refractivity contribution in [2.75, 3.05) is 5.75 Å². The van der Waals surface area contributed by atoms with Crippen LogP contribution in [0, 0.1) is 0 Å². The lowest BCUT2D eigenvalue weighted by atomic mass is 10.2. The van der Waals surface area contributed by atoms with Crippen LogP contribution in [0.5, 0.6) is 0 Å². The van der Waals surface area contributed by atoms with Gasteiger partial charge in [0, 0.05) is 25.3 Å². The zero-order valence-corrected chi connectivity index (χ0v) is 16.9. The number of thioether (sulfide) groups is 1. The molecule has 4 rings (SSSR count). The Morgan fingerprint density at radius 2 is 1.97 bits per heavy atom. The third-order valence-corrected chi connectivity index (χ3v) is 6.03. The summed E-state index contributed by atoms with van der Waals surface area (Å²) in [4.78, 5) is 36.4. The van der Waals surface area contributed by atoms with E-state index in [2.05, 4.69) is 20.8 Å². The fourth-order valence-electron chi connectivity index (χ4n) is 3.62. The number of urea groups is 1. The summed E-state index contributed by atoms with van der Waals surface area (Å²) in [6, 6.07) is 7.01. The van der Waals surface area contributed by atoms with Gasteiger partial charge in [-0.1, -0.05) is 36.7 Å². The van der Waals surface area contributed by atoms with Crippen molar-refractivity contribution < 1.29 is 9.59 Å². The van der Waals surface area contributed by atoms with Crippen LogP contribution in [-0.4, -0.2) is 42.9 Å². The first-order valence-corrected chi connectivity index (χ1v) is 10.6. The summed E-state index contributed by atoms with van der Waals surface area (Å²) < 4.78 is 3.27. The molecule has 1 aliphatic carbocycles. The summed E-state index contributed by atoms with van der Waals surface area (Å²) in [5, 5.41) is 14.7. The molecule has 2 N–H and O–H groups in total. The standard InChI is InChI=1S/C19H22N6O3S/c1-24-16(27)13-8-4-5-9-14(13)25-18(24)22-23-19(25)29-11-10-15(26)21-17(28)20-12-6-2-3-7-12/h4-5,8-9,12H,2-3,6-7,10-11H2,1H3,(H2,20,21,26,28). The summed E-state index contributed by atoms with van der Waals surface area (Å²) in [7, 11) is 1.66. The number of nitrogens with one attached hydrogen (secondary N) is 2. The quantitative estimate of drug-likeness (QED) is 0.617. The van der Waals surface area contributed by atoms with Crippen molar-refractivity contribution in [3.8, 4) is 0 Å². The van der Waals surface area contributed by atoms with Gasteiger partial charge in [0.05, 0.1) is 10.9 Å². The van der Waals surface area contributed by atoms with E-state index >= 15 is 0 Å².